The van der Waals surface area contributed by atoms with Gasteiger partial charge in [-0.15, -0.1) is 0 Å². The Morgan fingerprint density at radius 1 is 1.32 bits per heavy atom. The molecule has 0 unspecified atom stereocenters. The van der Waals surface area contributed by atoms with Gasteiger partial charge >= 0.3 is 0 Å². The molecule has 1 heterocycles. The quantitative estimate of drug-likeness (QED) is 0.820. The minimum atomic E-state index is -0.157. The predicted octanol–water partition coefficient (Wildman–Crippen LogP) is 3.58. The first-order valence-electron chi connectivity index (χ1n) is 7.35. The van der Waals surface area contributed by atoms with Crippen molar-refractivity contribution in [2.24, 2.45) is 0 Å². The molecule has 0 saturated heterocycles. The Balaban J connectivity index is 2.24. The molecule has 2 rings (SSSR count). The van der Waals surface area contributed by atoms with Crippen LogP contribution in [0.15, 0.2) is 34.7 Å². The van der Waals surface area contributed by atoms with Crippen molar-refractivity contribution in [2.45, 2.75) is 32.8 Å². The van der Waals surface area contributed by atoms with Crippen LogP contribution in [0.2, 0.25) is 0 Å². The van der Waals surface area contributed by atoms with Crippen LogP contribution in [-0.2, 0) is 11.4 Å². The summed E-state index contributed by atoms with van der Waals surface area (Å²) in [5, 5.41) is 12.0. The average molecular weight is 303 g/mol. The number of carbonyl (C=O) groups excluding carboxylic acids is 1. The number of anilines is 1. The molecule has 1 aromatic carbocycles. The zero-order valence-electron chi connectivity index (χ0n) is 12.9. The number of methoxy groups -OCH3 is 1. The van der Waals surface area contributed by atoms with E-state index in [1.54, 1.807) is 31.4 Å². The number of benzene rings is 1. The predicted molar refractivity (Wildman–Crippen MR) is 84.8 cm³/mol. The summed E-state index contributed by atoms with van der Waals surface area (Å²) in [5.74, 6) is 1.71. The number of hydrogen-bond acceptors (Lipinski definition) is 4. The van der Waals surface area contributed by atoms with Gasteiger partial charge in [-0.3, -0.25) is 4.79 Å². The Kier molecular flexibility index (Phi) is 5.61. The van der Waals surface area contributed by atoms with Crippen molar-refractivity contribution in [3.8, 4) is 17.1 Å². The molecule has 0 aliphatic carbocycles. The van der Waals surface area contributed by atoms with Crippen LogP contribution in [-0.4, -0.2) is 18.1 Å². The number of carbonyl (C=O) groups is 1. The standard InChI is InChI=1S/C17H21NO4/c1-3-4-5-17(20)18-12-6-8-15(21-2)14(10-12)16-9-7-13(11-19)22-16/h6-10,19H,3-5,11H2,1-2H3,(H,18,20). The van der Waals surface area contributed by atoms with Gasteiger partial charge in [0.1, 0.15) is 23.9 Å². The van der Waals surface area contributed by atoms with Crippen molar-refractivity contribution in [1.82, 2.24) is 0 Å². The van der Waals surface area contributed by atoms with Gasteiger partial charge < -0.3 is 19.6 Å². The highest BCUT2D eigenvalue weighted by molar-refractivity contribution is 5.91. The molecule has 0 bridgehead atoms. The van der Waals surface area contributed by atoms with Crippen LogP contribution in [0.4, 0.5) is 5.69 Å². The van der Waals surface area contributed by atoms with Crippen molar-refractivity contribution in [3.63, 3.8) is 0 Å². The van der Waals surface area contributed by atoms with Gasteiger partial charge in [-0.2, -0.15) is 0 Å². The van der Waals surface area contributed by atoms with E-state index in [0.717, 1.165) is 18.4 Å². The van der Waals surface area contributed by atoms with E-state index in [1.165, 1.54) is 0 Å². The summed E-state index contributed by atoms with van der Waals surface area (Å²) >= 11 is 0. The van der Waals surface area contributed by atoms with Gasteiger partial charge in [-0.05, 0) is 36.8 Å². The molecule has 2 aromatic rings. The number of unbranched alkanes of at least 4 members (excludes halogenated alkanes) is 1. The van der Waals surface area contributed by atoms with Gasteiger partial charge in [0.05, 0.1) is 12.7 Å². The van der Waals surface area contributed by atoms with E-state index in [9.17, 15) is 4.79 Å². The number of aliphatic hydroxyl groups is 1. The Morgan fingerprint density at radius 2 is 2.14 bits per heavy atom. The fourth-order valence-corrected chi connectivity index (χ4v) is 2.15. The molecule has 2 N–H and O–H groups in total. The third-order valence-electron chi connectivity index (χ3n) is 3.32. The van der Waals surface area contributed by atoms with Crippen LogP contribution in [0.1, 0.15) is 31.9 Å². The summed E-state index contributed by atoms with van der Waals surface area (Å²) in [7, 11) is 1.58. The molecule has 1 amide bonds. The lowest BCUT2D eigenvalue weighted by molar-refractivity contribution is -0.116. The van der Waals surface area contributed by atoms with Crippen LogP contribution in [0.25, 0.3) is 11.3 Å². The van der Waals surface area contributed by atoms with E-state index in [1.807, 2.05) is 6.07 Å². The number of hydrogen-bond donors (Lipinski definition) is 2. The van der Waals surface area contributed by atoms with E-state index < -0.39 is 0 Å². The van der Waals surface area contributed by atoms with Crippen LogP contribution in [0.5, 0.6) is 5.75 Å². The lowest BCUT2D eigenvalue weighted by atomic mass is 10.1. The van der Waals surface area contributed by atoms with Crippen molar-refractivity contribution >= 4 is 11.6 Å². The highest BCUT2D eigenvalue weighted by Crippen LogP contribution is 2.33. The summed E-state index contributed by atoms with van der Waals surface area (Å²) in [4.78, 5) is 11.8. The molecule has 0 saturated carbocycles. The molecular formula is C17H21NO4. The van der Waals surface area contributed by atoms with Gasteiger partial charge in [-0.1, -0.05) is 13.3 Å². The summed E-state index contributed by atoms with van der Waals surface area (Å²) < 4.78 is 10.9. The Bertz CT molecular complexity index is 633. The number of amides is 1. The fourth-order valence-electron chi connectivity index (χ4n) is 2.15. The second-order valence-corrected chi connectivity index (χ2v) is 4.99. The van der Waals surface area contributed by atoms with Crippen LogP contribution >= 0.6 is 0 Å². The maximum Gasteiger partial charge on any atom is 0.224 e. The second-order valence-electron chi connectivity index (χ2n) is 4.99. The van der Waals surface area contributed by atoms with E-state index >= 15 is 0 Å². The molecule has 0 spiro atoms. The van der Waals surface area contributed by atoms with E-state index in [-0.39, 0.29) is 12.5 Å². The van der Waals surface area contributed by atoms with Crippen molar-refractivity contribution in [1.29, 1.82) is 0 Å². The molecule has 1 aromatic heterocycles. The maximum absolute atomic E-state index is 11.8. The van der Waals surface area contributed by atoms with Crippen molar-refractivity contribution in [2.75, 3.05) is 12.4 Å². The molecule has 5 heteroatoms. The number of furan rings is 1. The maximum atomic E-state index is 11.8. The normalized spacial score (nSPS) is 10.5. The average Bonchev–Trinajstić information content (AvgIpc) is 3.01. The van der Waals surface area contributed by atoms with Gasteiger partial charge in [0, 0.05) is 12.1 Å². The molecule has 0 fully saturated rings. The van der Waals surface area contributed by atoms with Crippen LogP contribution < -0.4 is 10.1 Å². The van der Waals surface area contributed by atoms with E-state index in [0.29, 0.717) is 29.4 Å². The van der Waals surface area contributed by atoms with Crippen molar-refractivity contribution < 1.29 is 19.1 Å². The lowest BCUT2D eigenvalue weighted by Gasteiger charge is -2.10. The summed E-state index contributed by atoms with van der Waals surface area (Å²) in [5.41, 5.74) is 1.43. The smallest absolute Gasteiger partial charge is 0.224 e. The molecule has 118 valence electrons. The van der Waals surface area contributed by atoms with Crippen molar-refractivity contribution in [3.05, 3.63) is 36.1 Å². The molecule has 5 nitrogen and oxygen atoms in total. The molecule has 22 heavy (non-hydrogen) atoms. The minimum absolute atomic E-state index is 0.00606. The Labute approximate surface area is 129 Å². The summed E-state index contributed by atoms with van der Waals surface area (Å²) in [6, 6.07) is 8.87. The third kappa shape index (κ3) is 3.89. The topological polar surface area (TPSA) is 71.7 Å². The number of aliphatic hydroxyl groups excluding tert-OH is 1. The van der Waals surface area contributed by atoms with E-state index in [2.05, 4.69) is 12.2 Å². The van der Waals surface area contributed by atoms with Gasteiger partial charge in [0.15, 0.2) is 0 Å². The fraction of sp³-hybridized carbons (Fsp3) is 0.353. The van der Waals surface area contributed by atoms with E-state index in [4.69, 9.17) is 14.3 Å². The number of ether oxygens (including phenoxy) is 1. The van der Waals surface area contributed by atoms with Gasteiger partial charge in [0.25, 0.3) is 0 Å². The first kappa shape index (κ1) is 16.1. The van der Waals surface area contributed by atoms with Crippen LogP contribution in [0, 0.1) is 0 Å². The zero-order chi connectivity index (χ0) is 15.9. The highest BCUT2D eigenvalue weighted by Gasteiger charge is 2.12. The minimum Gasteiger partial charge on any atom is -0.496 e. The molecule has 0 atom stereocenters. The van der Waals surface area contributed by atoms with Gasteiger partial charge in [-0.25, -0.2) is 0 Å². The van der Waals surface area contributed by atoms with Crippen LogP contribution in [0.3, 0.4) is 0 Å². The second kappa shape index (κ2) is 7.66. The zero-order valence-corrected chi connectivity index (χ0v) is 12.9. The third-order valence-corrected chi connectivity index (χ3v) is 3.32. The Morgan fingerprint density at radius 3 is 2.77 bits per heavy atom. The lowest BCUT2D eigenvalue weighted by Crippen LogP contribution is -2.11. The molecule has 0 radical (unpaired) electrons. The SMILES string of the molecule is CCCCC(=O)Nc1ccc(OC)c(-c2ccc(CO)o2)c1. The number of rotatable bonds is 7. The molecule has 0 aliphatic heterocycles. The summed E-state index contributed by atoms with van der Waals surface area (Å²) in [6.45, 7) is 1.89. The molecule has 0 aliphatic rings. The monoisotopic (exact) mass is 303 g/mol. The Hall–Kier alpha value is -2.27. The number of nitrogens with one attached hydrogen (secondary N) is 1. The first-order valence-corrected chi connectivity index (χ1v) is 7.35. The molecular weight excluding hydrogens is 282 g/mol. The van der Waals surface area contributed by atoms with Gasteiger partial charge in [0.2, 0.25) is 5.91 Å². The summed E-state index contributed by atoms with van der Waals surface area (Å²) in [6.07, 6.45) is 2.36. The largest absolute Gasteiger partial charge is 0.496 e. The first-order chi connectivity index (χ1) is 10.7. The highest BCUT2D eigenvalue weighted by atomic mass is 16.5.